The molecule has 0 heterocycles. The van der Waals surface area contributed by atoms with Crippen LogP contribution in [0, 0.1) is 5.41 Å². The maximum atomic E-state index is 12.0. The third-order valence-corrected chi connectivity index (χ3v) is 3.92. The van der Waals surface area contributed by atoms with Crippen LogP contribution in [0.3, 0.4) is 0 Å². The summed E-state index contributed by atoms with van der Waals surface area (Å²) < 4.78 is 4.99. The number of carbonyl (C=O) groups is 2. The third kappa shape index (κ3) is 2.83. The number of amides is 1. The largest absolute Gasteiger partial charge is 0.494 e. The molecule has 0 spiro atoms. The van der Waals surface area contributed by atoms with Gasteiger partial charge >= 0.3 is 5.97 Å². The fourth-order valence-electron chi connectivity index (χ4n) is 1.85. The first kappa shape index (κ1) is 14.9. The van der Waals surface area contributed by atoms with Crippen molar-refractivity contribution in [1.82, 2.24) is 5.32 Å². The van der Waals surface area contributed by atoms with Gasteiger partial charge in [-0.2, -0.15) is 0 Å². The Morgan fingerprint density at radius 2 is 1.90 bits per heavy atom. The zero-order valence-electron chi connectivity index (χ0n) is 10.7. The molecule has 7 heteroatoms. The quantitative estimate of drug-likeness (QED) is 0.875. The molecule has 1 aliphatic carbocycles. The van der Waals surface area contributed by atoms with Crippen LogP contribution in [0.2, 0.25) is 10.0 Å². The number of rotatable bonds is 5. The number of hydrogen-bond acceptors (Lipinski definition) is 3. The number of ether oxygens (including phenoxy) is 1. The fourth-order valence-corrected chi connectivity index (χ4v) is 2.50. The van der Waals surface area contributed by atoms with Crippen molar-refractivity contribution in [3.63, 3.8) is 0 Å². The molecule has 108 valence electrons. The highest BCUT2D eigenvalue weighted by Crippen LogP contribution is 2.45. The van der Waals surface area contributed by atoms with Gasteiger partial charge in [0.05, 0.1) is 22.6 Å². The van der Waals surface area contributed by atoms with Gasteiger partial charge in [0.15, 0.2) is 5.75 Å². The van der Waals surface area contributed by atoms with Crippen molar-refractivity contribution in [2.45, 2.75) is 12.8 Å². The molecule has 1 amide bonds. The summed E-state index contributed by atoms with van der Waals surface area (Å²) in [5.74, 6) is -0.998. The molecule has 0 saturated heterocycles. The molecule has 2 N–H and O–H groups in total. The minimum absolute atomic E-state index is 0.0996. The molecule has 0 radical (unpaired) electrons. The Morgan fingerprint density at radius 1 is 1.35 bits per heavy atom. The van der Waals surface area contributed by atoms with Gasteiger partial charge < -0.3 is 15.2 Å². The van der Waals surface area contributed by atoms with Crippen LogP contribution < -0.4 is 10.1 Å². The summed E-state index contributed by atoms with van der Waals surface area (Å²) in [5, 5.41) is 12.1. The summed E-state index contributed by atoms with van der Waals surface area (Å²) in [5.41, 5.74) is -0.544. The number of halogens is 2. The predicted molar refractivity (Wildman–Crippen MR) is 74.7 cm³/mol. The molecule has 0 aliphatic heterocycles. The lowest BCUT2D eigenvalue weighted by molar-refractivity contribution is -0.143. The maximum absolute atomic E-state index is 12.0. The zero-order valence-corrected chi connectivity index (χ0v) is 12.2. The highest BCUT2D eigenvalue weighted by molar-refractivity contribution is 6.37. The van der Waals surface area contributed by atoms with Gasteiger partial charge in [0, 0.05) is 12.1 Å². The van der Waals surface area contributed by atoms with Crippen molar-refractivity contribution in [2.75, 3.05) is 13.7 Å². The third-order valence-electron chi connectivity index (χ3n) is 3.36. The Morgan fingerprint density at radius 3 is 2.30 bits per heavy atom. The second-order valence-corrected chi connectivity index (χ2v) is 5.56. The van der Waals surface area contributed by atoms with Crippen LogP contribution in [0.1, 0.15) is 23.2 Å². The first-order valence-electron chi connectivity index (χ1n) is 5.94. The summed E-state index contributed by atoms with van der Waals surface area (Å²) in [7, 11) is 1.43. The number of carbonyl (C=O) groups excluding carboxylic acids is 1. The van der Waals surface area contributed by atoms with Gasteiger partial charge in [0.1, 0.15) is 0 Å². The van der Waals surface area contributed by atoms with E-state index >= 15 is 0 Å². The van der Waals surface area contributed by atoms with Crippen LogP contribution in [0.5, 0.6) is 5.75 Å². The Kier molecular flexibility index (Phi) is 4.11. The summed E-state index contributed by atoms with van der Waals surface area (Å²) in [6.45, 7) is 0.0996. The number of hydrogen-bond donors (Lipinski definition) is 2. The van der Waals surface area contributed by atoms with Gasteiger partial charge in [-0.05, 0) is 25.0 Å². The van der Waals surface area contributed by atoms with Crippen molar-refractivity contribution in [3.05, 3.63) is 27.7 Å². The normalized spacial score (nSPS) is 15.6. The molecule has 2 rings (SSSR count). The minimum Gasteiger partial charge on any atom is -0.494 e. The zero-order chi connectivity index (χ0) is 14.9. The monoisotopic (exact) mass is 317 g/mol. The van der Waals surface area contributed by atoms with Gasteiger partial charge in [-0.15, -0.1) is 0 Å². The lowest BCUT2D eigenvalue weighted by Gasteiger charge is -2.12. The minimum atomic E-state index is -0.886. The van der Waals surface area contributed by atoms with Crippen molar-refractivity contribution in [2.24, 2.45) is 5.41 Å². The van der Waals surface area contributed by atoms with Crippen molar-refractivity contribution >= 4 is 35.1 Å². The van der Waals surface area contributed by atoms with E-state index in [1.165, 1.54) is 19.2 Å². The number of carboxylic acids is 1. The second-order valence-electron chi connectivity index (χ2n) is 4.74. The topological polar surface area (TPSA) is 75.6 Å². The van der Waals surface area contributed by atoms with E-state index in [0.717, 1.165) is 0 Å². The average Bonchev–Trinajstić information content (AvgIpc) is 3.16. The maximum Gasteiger partial charge on any atom is 0.311 e. The van der Waals surface area contributed by atoms with E-state index in [2.05, 4.69) is 5.32 Å². The van der Waals surface area contributed by atoms with E-state index in [1.54, 1.807) is 0 Å². The summed E-state index contributed by atoms with van der Waals surface area (Å²) in [6.07, 6.45) is 1.15. The molecule has 1 aromatic rings. The standard InChI is InChI=1S/C13H13Cl2NO4/c1-20-10-8(14)4-7(5-9(10)15)11(17)16-6-13(2-3-13)12(18)19/h4-5H,2-3,6H2,1H3,(H,16,17)(H,18,19). The number of methoxy groups -OCH3 is 1. The molecule has 0 aromatic heterocycles. The van der Waals surface area contributed by atoms with Gasteiger partial charge in [-0.3, -0.25) is 9.59 Å². The van der Waals surface area contributed by atoms with Gasteiger partial charge in [-0.1, -0.05) is 23.2 Å². The lowest BCUT2D eigenvalue weighted by Crippen LogP contribution is -2.34. The molecule has 20 heavy (non-hydrogen) atoms. The number of benzene rings is 1. The highest BCUT2D eigenvalue weighted by Gasteiger charge is 2.50. The van der Waals surface area contributed by atoms with Gasteiger partial charge in [-0.25, -0.2) is 0 Å². The number of aliphatic carboxylic acids is 1. The summed E-state index contributed by atoms with van der Waals surface area (Å²) >= 11 is 11.9. The highest BCUT2D eigenvalue weighted by atomic mass is 35.5. The van der Waals surface area contributed by atoms with Crippen LogP contribution in [0.4, 0.5) is 0 Å². The van der Waals surface area contributed by atoms with Crippen molar-refractivity contribution < 1.29 is 19.4 Å². The van der Waals surface area contributed by atoms with Crippen molar-refractivity contribution in [1.29, 1.82) is 0 Å². The molecular weight excluding hydrogens is 305 g/mol. The molecule has 5 nitrogen and oxygen atoms in total. The number of carboxylic acid groups (broad SMARTS) is 1. The van der Waals surface area contributed by atoms with E-state index in [-0.39, 0.29) is 22.2 Å². The molecule has 1 aromatic carbocycles. The van der Waals surface area contributed by atoms with Crippen molar-refractivity contribution in [3.8, 4) is 5.75 Å². The van der Waals surface area contributed by atoms with E-state index in [9.17, 15) is 9.59 Å². The molecule has 1 fully saturated rings. The smallest absolute Gasteiger partial charge is 0.311 e. The molecule has 0 bridgehead atoms. The van der Waals surface area contributed by atoms with Crippen LogP contribution in [0.15, 0.2) is 12.1 Å². The van der Waals surface area contributed by atoms with Crippen LogP contribution in [-0.4, -0.2) is 30.6 Å². The van der Waals surface area contributed by atoms with E-state index in [4.69, 9.17) is 33.0 Å². The van der Waals surface area contributed by atoms with Gasteiger partial charge in [0.2, 0.25) is 0 Å². The predicted octanol–water partition coefficient (Wildman–Crippen LogP) is 2.60. The molecule has 1 saturated carbocycles. The summed E-state index contributed by atoms with van der Waals surface area (Å²) in [6, 6.07) is 2.86. The van der Waals surface area contributed by atoms with Crippen LogP contribution in [-0.2, 0) is 4.79 Å². The Bertz CT molecular complexity index is 546. The van der Waals surface area contributed by atoms with E-state index in [0.29, 0.717) is 18.6 Å². The molecule has 0 unspecified atom stereocenters. The van der Waals surface area contributed by atoms with E-state index in [1.807, 2.05) is 0 Å². The lowest BCUT2D eigenvalue weighted by atomic mass is 10.1. The van der Waals surface area contributed by atoms with Crippen LogP contribution in [0.25, 0.3) is 0 Å². The molecular formula is C13H13Cl2NO4. The van der Waals surface area contributed by atoms with Crippen LogP contribution >= 0.6 is 23.2 Å². The molecule has 1 aliphatic rings. The number of nitrogens with one attached hydrogen (secondary N) is 1. The Hall–Kier alpha value is -1.46. The fraction of sp³-hybridized carbons (Fsp3) is 0.385. The Balaban J connectivity index is 2.08. The van der Waals surface area contributed by atoms with Gasteiger partial charge in [0.25, 0.3) is 5.91 Å². The SMILES string of the molecule is COc1c(Cl)cc(C(=O)NCC2(C(=O)O)CC2)cc1Cl. The first-order valence-corrected chi connectivity index (χ1v) is 6.70. The Labute approximate surface area is 125 Å². The first-order chi connectivity index (χ1) is 9.39. The second kappa shape index (κ2) is 5.50. The molecule has 0 atom stereocenters. The average molecular weight is 318 g/mol. The van der Waals surface area contributed by atoms with E-state index < -0.39 is 17.3 Å². The summed E-state index contributed by atoms with van der Waals surface area (Å²) in [4.78, 5) is 23.0.